The van der Waals surface area contributed by atoms with E-state index in [2.05, 4.69) is 31.0 Å². The maximum absolute atomic E-state index is 14.0. The van der Waals surface area contributed by atoms with Gasteiger partial charge in [0.2, 0.25) is 5.91 Å². The van der Waals surface area contributed by atoms with Crippen LogP contribution in [0.5, 0.6) is 0 Å². The van der Waals surface area contributed by atoms with Crippen LogP contribution in [0.15, 0.2) is 60.7 Å². The molecule has 1 amide bonds. The molecule has 0 N–H and O–H groups in total. The van der Waals surface area contributed by atoms with E-state index >= 15 is 0 Å². The number of hydrogen-bond donors (Lipinski definition) is 0. The first-order chi connectivity index (χ1) is 15.9. The quantitative estimate of drug-likeness (QED) is 0.458. The number of carbonyl (C=O) groups excluding carboxylic acids is 1. The first-order valence-corrected chi connectivity index (χ1v) is 12.2. The summed E-state index contributed by atoms with van der Waals surface area (Å²) >= 11 is 6.45. The highest BCUT2D eigenvalue weighted by molar-refractivity contribution is 6.31. The van der Waals surface area contributed by atoms with E-state index in [0.29, 0.717) is 5.02 Å². The average molecular weight is 465 g/mol. The topological polar surface area (TPSA) is 23.6 Å². The number of piperidine rings is 1. The molecule has 2 heterocycles. The lowest BCUT2D eigenvalue weighted by Crippen LogP contribution is -2.48. The van der Waals surface area contributed by atoms with Crippen molar-refractivity contribution in [3.05, 3.63) is 82.6 Å². The third-order valence-electron chi connectivity index (χ3n) is 7.98. The summed E-state index contributed by atoms with van der Waals surface area (Å²) in [7, 11) is 2.13. The van der Waals surface area contributed by atoms with E-state index < -0.39 is 0 Å². The molecule has 3 aromatic rings. The molecule has 0 radical (unpaired) electrons. The summed E-state index contributed by atoms with van der Waals surface area (Å²) in [4.78, 5) is 18.3. The Hall–Kier alpha value is -2.43. The molecule has 0 bridgehead atoms. The molecule has 2 saturated heterocycles. The Balaban J connectivity index is 1.49. The Morgan fingerprint density at radius 1 is 1.03 bits per heavy atom. The van der Waals surface area contributed by atoms with Crippen LogP contribution in [0.2, 0.25) is 5.02 Å². The first-order valence-electron chi connectivity index (χ1n) is 11.8. The second-order valence-electron chi connectivity index (χ2n) is 9.73. The van der Waals surface area contributed by atoms with Gasteiger partial charge in [0.25, 0.3) is 0 Å². The van der Waals surface area contributed by atoms with Crippen molar-refractivity contribution in [1.29, 1.82) is 0 Å². The maximum atomic E-state index is 14.0. The summed E-state index contributed by atoms with van der Waals surface area (Å²) in [6, 6.07) is 19.0. The number of nitrogens with zero attached hydrogens (tertiary/aromatic N) is 2. The number of rotatable bonds is 4. The van der Waals surface area contributed by atoms with Crippen LogP contribution in [0.4, 0.5) is 4.39 Å². The highest BCUT2D eigenvalue weighted by atomic mass is 35.5. The molecule has 3 nitrogen and oxygen atoms in total. The molecule has 172 valence electrons. The molecule has 0 saturated carbocycles. The Bertz CT molecular complexity index is 1170. The second kappa shape index (κ2) is 8.73. The van der Waals surface area contributed by atoms with Gasteiger partial charge in [0.1, 0.15) is 5.82 Å². The molecule has 2 fully saturated rings. The molecular formula is C28H30ClFN2O. The highest BCUT2D eigenvalue weighted by Crippen LogP contribution is 2.48. The SMILES string of the molecule is C[C@@H](c1cc(Cl)cc2ccccc12)N1CCC(C2(c3ccc(F)cc3)CCN(C)CC2)C1=O. The molecular weight excluding hydrogens is 435 g/mol. The van der Waals surface area contributed by atoms with Crippen LogP contribution in [-0.4, -0.2) is 42.4 Å². The third-order valence-corrected chi connectivity index (χ3v) is 8.20. The van der Waals surface area contributed by atoms with Crippen molar-refractivity contribution in [2.24, 2.45) is 5.92 Å². The van der Waals surface area contributed by atoms with Gasteiger partial charge in [0, 0.05) is 22.9 Å². The molecule has 2 aliphatic rings. The maximum Gasteiger partial charge on any atom is 0.227 e. The molecule has 2 aliphatic heterocycles. The van der Waals surface area contributed by atoms with Crippen molar-refractivity contribution >= 4 is 28.3 Å². The molecule has 1 unspecified atom stereocenters. The van der Waals surface area contributed by atoms with Gasteiger partial charge in [-0.1, -0.05) is 48.0 Å². The molecule has 2 atom stereocenters. The Labute approximate surface area is 200 Å². The van der Waals surface area contributed by atoms with E-state index in [4.69, 9.17) is 11.6 Å². The standard InChI is InChI=1S/C28H30ClFN2O/c1-19(25-18-22(29)17-20-5-3-4-6-24(20)25)32-14-11-26(27(32)33)28(12-15-31(2)16-13-28)21-7-9-23(30)10-8-21/h3-10,17-19,26H,11-16H2,1-2H3/t19-,26?/m0/s1. The molecule has 5 heteroatoms. The number of amides is 1. The summed E-state index contributed by atoms with van der Waals surface area (Å²) in [6.07, 6.45) is 2.64. The van der Waals surface area contributed by atoms with Crippen molar-refractivity contribution in [3.63, 3.8) is 0 Å². The van der Waals surface area contributed by atoms with Crippen LogP contribution in [0.1, 0.15) is 43.4 Å². The van der Waals surface area contributed by atoms with E-state index in [-0.39, 0.29) is 29.1 Å². The predicted octanol–water partition coefficient (Wildman–Crippen LogP) is 6.21. The fourth-order valence-corrected chi connectivity index (χ4v) is 6.29. The fraction of sp³-hybridized carbons (Fsp3) is 0.393. The number of carbonyl (C=O) groups is 1. The molecule has 0 aromatic heterocycles. The lowest BCUT2D eigenvalue weighted by Gasteiger charge is -2.44. The van der Waals surface area contributed by atoms with E-state index in [1.165, 1.54) is 12.1 Å². The number of halogens is 2. The lowest BCUT2D eigenvalue weighted by atomic mass is 9.64. The smallest absolute Gasteiger partial charge is 0.227 e. The summed E-state index contributed by atoms with van der Waals surface area (Å²) in [5.41, 5.74) is 1.94. The minimum atomic E-state index is -0.248. The van der Waals surface area contributed by atoms with Crippen LogP contribution in [0.3, 0.4) is 0 Å². The van der Waals surface area contributed by atoms with Crippen LogP contribution in [-0.2, 0) is 10.2 Å². The predicted molar refractivity (Wildman–Crippen MR) is 132 cm³/mol. The van der Waals surface area contributed by atoms with E-state index in [0.717, 1.165) is 60.8 Å². The minimum Gasteiger partial charge on any atom is -0.336 e. The summed E-state index contributed by atoms with van der Waals surface area (Å²) in [5.74, 6) is -0.118. The summed E-state index contributed by atoms with van der Waals surface area (Å²) < 4.78 is 13.7. The van der Waals surface area contributed by atoms with Crippen LogP contribution in [0, 0.1) is 11.7 Å². The Morgan fingerprint density at radius 2 is 1.73 bits per heavy atom. The monoisotopic (exact) mass is 464 g/mol. The molecule has 0 aliphatic carbocycles. The zero-order valence-corrected chi connectivity index (χ0v) is 20.0. The molecule has 5 rings (SSSR count). The number of benzene rings is 3. The van der Waals surface area contributed by atoms with Crippen molar-refractivity contribution < 1.29 is 9.18 Å². The number of hydrogen-bond acceptors (Lipinski definition) is 2. The largest absolute Gasteiger partial charge is 0.336 e. The molecule has 33 heavy (non-hydrogen) atoms. The van der Waals surface area contributed by atoms with Gasteiger partial charge in [0.05, 0.1) is 6.04 Å². The molecule has 0 spiro atoms. The zero-order valence-electron chi connectivity index (χ0n) is 19.2. The fourth-order valence-electron chi connectivity index (χ4n) is 6.05. The first kappa shape index (κ1) is 22.4. The van der Waals surface area contributed by atoms with Crippen molar-refractivity contribution in [3.8, 4) is 0 Å². The Kier molecular flexibility index (Phi) is 5.92. The van der Waals surface area contributed by atoms with Crippen molar-refractivity contribution in [2.45, 2.75) is 37.6 Å². The minimum absolute atomic E-state index is 0.0670. The van der Waals surface area contributed by atoms with Gasteiger partial charge in [-0.3, -0.25) is 4.79 Å². The summed E-state index contributed by atoms with van der Waals surface area (Å²) in [6.45, 7) is 4.72. The third kappa shape index (κ3) is 3.94. The van der Waals surface area contributed by atoms with Crippen LogP contribution < -0.4 is 0 Å². The second-order valence-corrected chi connectivity index (χ2v) is 10.2. The Morgan fingerprint density at radius 3 is 2.45 bits per heavy atom. The van der Waals surface area contributed by atoms with Gasteiger partial charge in [0.15, 0.2) is 0 Å². The zero-order chi connectivity index (χ0) is 23.2. The number of likely N-dealkylation sites (tertiary alicyclic amines) is 2. The number of fused-ring (bicyclic) bond motifs is 1. The average Bonchev–Trinajstić information content (AvgIpc) is 3.21. The van der Waals surface area contributed by atoms with E-state index in [1.807, 2.05) is 41.3 Å². The molecule has 3 aromatic carbocycles. The van der Waals surface area contributed by atoms with Gasteiger partial charge in [-0.25, -0.2) is 4.39 Å². The van der Waals surface area contributed by atoms with Gasteiger partial charge in [-0.15, -0.1) is 0 Å². The van der Waals surface area contributed by atoms with Gasteiger partial charge in [-0.2, -0.15) is 0 Å². The van der Waals surface area contributed by atoms with Crippen molar-refractivity contribution in [1.82, 2.24) is 9.80 Å². The van der Waals surface area contributed by atoms with Crippen molar-refractivity contribution in [2.75, 3.05) is 26.7 Å². The van der Waals surface area contributed by atoms with Gasteiger partial charge in [-0.05, 0) is 92.5 Å². The highest BCUT2D eigenvalue weighted by Gasteiger charge is 2.50. The van der Waals surface area contributed by atoms with Crippen LogP contribution in [0.25, 0.3) is 10.8 Å². The van der Waals surface area contributed by atoms with E-state index in [1.54, 1.807) is 0 Å². The van der Waals surface area contributed by atoms with Crippen LogP contribution >= 0.6 is 11.6 Å². The van der Waals surface area contributed by atoms with Gasteiger partial charge >= 0.3 is 0 Å². The normalized spacial score (nSPS) is 22.1. The van der Waals surface area contributed by atoms with Gasteiger partial charge < -0.3 is 9.80 Å². The lowest BCUT2D eigenvalue weighted by molar-refractivity contribution is -0.135. The summed E-state index contributed by atoms with van der Waals surface area (Å²) in [5, 5.41) is 2.92. The van der Waals surface area contributed by atoms with E-state index in [9.17, 15) is 9.18 Å².